The van der Waals surface area contributed by atoms with Gasteiger partial charge in [-0.05, 0) is 17.5 Å². The monoisotopic (exact) mass is 210 g/mol. The van der Waals surface area contributed by atoms with Gasteiger partial charge in [0.2, 0.25) is 0 Å². The van der Waals surface area contributed by atoms with E-state index in [4.69, 9.17) is 10.5 Å². The molecule has 0 saturated carbocycles. The third-order valence-electron chi connectivity index (χ3n) is 2.72. The summed E-state index contributed by atoms with van der Waals surface area (Å²) in [5.41, 5.74) is 6.41. The summed E-state index contributed by atoms with van der Waals surface area (Å²) in [4.78, 5) is 4.11. The van der Waals surface area contributed by atoms with Crippen molar-refractivity contribution in [1.29, 1.82) is 0 Å². The van der Waals surface area contributed by atoms with Gasteiger partial charge in [0.25, 0.3) is 0 Å². The Labute approximate surface area is 88.5 Å². The minimum absolute atomic E-state index is 0.271. The maximum atomic E-state index is 13.7. The standard InChI is InChI=1S/C11H15FN2O/c1-7(2)8-3-9(12)10(14-4-8)11(13)5-15-6-11/h3-4,7H,5-6,13H2,1-2H3. The van der Waals surface area contributed by atoms with Gasteiger partial charge in [0.05, 0.1) is 13.2 Å². The lowest BCUT2D eigenvalue weighted by Crippen LogP contribution is -2.55. The number of nitrogens with two attached hydrogens (primary N) is 1. The molecule has 82 valence electrons. The lowest BCUT2D eigenvalue weighted by atomic mass is 9.92. The predicted molar refractivity (Wildman–Crippen MR) is 55.0 cm³/mol. The van der Waals surface area contributed by atoms with Crippen LogP contribution in [-0.4, -0.2) is 18.2 Å². The van der Waals surface area contributed by atoms with Crippen molar-refractivity contribution in [3.63, 3.8) is 0 Å². The molecule has 0 aliphatic carbocycles. The molecule has 1 aliphatic rings. The van der Waals surface area contributed by atoms with Crippen LogP contribution in [0.1, 0.15) is 31.0 Å². The van der Waals surface area contributed by atoms with Crippen LogP contribution >= 0.6 is 0 Å². The first kappa shape index (κ1) is 10.5. The molecule has 0 bridgehead atoms. The molecule has 1 aliphatic heterocycles. The molecule has 1 saturated heterocycles. The summed E-state index contributed by atoms with van der Waals surface area (Å²) in [5, 5.41) is 0. The lowest BCUT2D eigenvalue weighted by molar-refractivity contribution is -0.0607. The number of hydrogen-bond acceptors (Lipinski definition) is 3. The Morgan fingerprint density at radius 3 is 2.60 bits per heavy atom. The summed E-state index contributed by atoms with van der Waals surface area (Å²) < 4.78 is 18.7. The SMILES string of the molecule is CC(C)c1cnc(C2(N)COC2)c(F)c1. The van der Waals surface area contributed by atoms with Gasteiger partial charge in [-0.3, -0.25) is 4.98 Å². The highest BCUT2D eigenvalue weighted by atomic mass is 19.1. The van der Waals surface area contributed by atoms with Crippen LogP contribution in [0, 0.1) is 5.82 Å². The molecular weight excluding hydrogens is 195 g/mol. The molecule has 3 nitrogen and oxygen atoms in total. The number of ether oxygens (including phenoxy) is 1. The number of pyridine rings is 1. The predicted octanol–water partition coefficient (Wildman–Crippen LogP) is 1.53. The number of aromatic nitrogens is 1. The van der Waals surface area contributed by atoms with Crippen molar-refractivity contribution in [3.8, 4) is 0 Å². The molecule has 0 aromatic carbocycles. The van der Waals surface area contributed by atoms with E-state index < -0.39 is 5.54 Å². The second-order valence-corrected chi connectivity index (χ2v) is 4.40. The van der Waals surface area contributed by atoms with E-state index in [2.05, 4.69) is 4.98 Å². The van der Waals surface area contributed by atoms with E-state index >= 15 is 0 Å². The van der Waals surface area contributed by atoms with E-state index in [1.807, 2.05) is 13.8 Å². The van der Waals surface area contributed by atoms with E-state index in [0.29, 0.717) is 18.9 Å². The van der Waals surface area contributed by atoms with Crippen LogP contribution < -0.4 is 5.73 Å². The van der Waals surface area contributed by atoms with Crippen LogP contribution in [0.4, 0.5) is 4.39 Å². The maximum Gasteiger partial charge on any atom is 0.147 e. The Balaban J connectivity index is 2.34. The van der Waals surface area contributed by atoms with Crippen LogP contribution in [-0.2, 0) is 10.3 Å². The quantitative estimate of drug-likeness (QED) is 0.805. The zero-order valence-corrected chi connectivity index (χ0v) is 8.96. The summed E-state index contributed by atoms with van der Waals surface area (Å²) >= 11 is 0. The molecule has 0 atom stereocenters. The molecule has 0 unspecified atom stereocenters. The first-order valence-electron chi connectivity index (χ1n) is 5.05. The van der Waals surface area contributed by atoms with E-state index in [1.54, 1.807) is 6.20 Å². The first-order chi connectivity index (χ1) is 7.03. The van der Waals surface area contributed by atoms with Crippen LogP contribution in [0.3, 0.4) is 0 Å². The zero-order chi connectivity index (χ0) is 11.1. The molecule has 0 radical (unpaired) electrons. The summed E-state index contributed by atoms with van der Waals surface area (Å²) in [5.74, 6) is -0.0561. The van der Waals surface area contributed by atoms with Gasteiger partial charge in [-0.25, -0.2) is 4.39 Å². The Morgan fingerprint density at radius 2 is 2.20 bits per heavy atom. The highest BCUT2D eigenvalue weighted by Crippen LogP contribution is 2.28. The first-order valence-corrected chi connectivity index (χ1v) is 5.05. The van der Waals surface area contributed by atoms with Gasteiger partial charge in [0.1, 0.15) is 17.1 Å². The molecule has 1 aromatic rings. The molecule has 15 heavy (non-hydrogen) atoms. The molecule has 0 amide bonds. The third kappa shape index (κ3) is 1.75. The van der Waals surface area contributed by atoms with Gasteiger partial charge in [-0.2, -0.15) is 0 Å². The van der Waals surface area contributed by atoms with E-state index in [-0.39, 0.29) is 11.7 Å². The average molecular weight is 210 g/mol. The van der Waals surface area contributed by atoms with Crippen LogP contribution in [0.5, 0.6) is 0 Å². The van der Waals surface area contributed by atoms with Crippen LogP contribution in [0.15, 0.2) is 12.3 Å². The molecule has 2 heterocycles. The maximum absolute atomic E-state index is 13.7. The highest BCUT2D eigenvalue weighted by molar-refractivity contribution is 5.25. The number of halogens is 1. The minimum Gasteiger partial charge on any atom is -0.377 e. The van der Waals surface area contributed by atoms with Crippen molar-refractivity contribution < 1.29 is 9.13 Å². The molecule has 4 heteroatoms. The van der Waals surface area contributed by atoms with Gasteiger partial charge in [0, 0.05) is 6.20 Å². The smallest absolute Gasteiger partial charge is 0.147 e. The molecule has 2 rings (SSSR count). The second-order valence-electron chi connectivity index (χ2n) is 4.40. The fraction of sp³-hybridized carbons (Fsp3) is 0.545. The van der Waals surface area contributed by atoms with Gasteiger partial charge >= 0.3 is 0 Å². The van der Waals surface area contributed by atoms with Crippen molar-refractivity contribution >= 4 is 0 Å². The molecule has 0 spiro atoms. The van der Waals surface area contributed by atoms with E-state index in [0.717, 1.165) is 5.56 Å². The number of rotatable bonds is 2. The summed E-state index contributed by atoms with van der Waals surface area (Å²) in [6.07, 6.45) is 1.69. The molecular formula is C11H15FN2O. The zero-order valence-electron chi connectivity index (χ0n) is 8.96. The summed E-state index contributed by atoms with van der Waals surface area (Å²) in [6.45, 7) is 4.69. The van der Waals surface area contributed by atoms with Crippen molar-refractivity contribution in [2.75, 3.05) is 13.2 Å². The molecule has 2 N–H and O–H groups in total. The Kier molecular flexibility index (Phi) is 2.48. The third-order valence-corrected chi connectivity index (χ3v) is 2.72. The molecule has 1 aromatic heterocycles. The van der Waals surface area contributed by atoms with Gasteiger partial charge in [-0.15, -0.1) is 0 Å². The largest absolute Gasteiger partial charge is 0.377 e. The summed E-state index contributed by atoms with van der Waals surface area (Å²) in [6, 6.07) is 1.51. The van der Waals surface area contributed by atoms with E-state index in [1.165, 1.54) is 6.07 Å². The van der Waals surface area contributed by atoms with Crippen molar-refractivity contribution in [2.24, 2.45) is 5.73 Å². The topological polar surface area (TPSA) is 48.1 Å². The average Bonchev–Trinajstić information content (AvgIpc) is 2.14. The van der Waals surface area contributed by atoms with Gasteiger partial charge in [0.15, 0.2) is 0 Å². The van der Waals surface area contributed by atoms with Crippen molar-refractivity contribution in [3.05, 3.63) is 29.3 Å². The fourth-order valence-corrected chi connectivity index (χ4v) is 1.59. The normalized spacial score (nSPS) is 19.0. The van der Waals surface area contributed by atoms with Crippen LogP contribution in [0.2, 0.25) is 0 Å². The van der Waals surface area contributed by atoms with Gasteiger partial charge in [-0.1, -0.05) is 13.8 Å². The van der Waals surface area contributed by atoms with E-state index in [9.17, 15) is 4.39 Å². The fourth-order valence-electron chi connectivity index (χ4n) is 1.59. The number of nitrogens with zero attached hydrogens (tertiary/aromatic N) is 1. The number of hydrogen-bond donors (Lipinski definition) is 1. The summed E-state index contributed by atoms with van der Waals surface area (Å²) in [7, 11) is 0. The van der Waals surface area contributed by atoms with Gasteiger partial charge < -0.3 is 10.5 Å². The Morgan fingerprint density at radius 1 is 1.53 bits per heavy atom. The van der Waals surface area contributed by atoms with Crippen molar-refractivity contribution in [2.45, 2.75) is 25.3 Å². The Bertz CT molecular complexity index is 375. The highest BCUT2D eigenvalue weighted by Gasteiger charge is 2.39. The lowest BCUT2D eigenvalue weighted by Gasteiger charge is -2.37. The van der Waals surface area contributed by atoms with Crippen LogP contribution in [0.25, 0.3) is 0 Å². The minimum atomic E-state index is -0.723. The van der Waals surface area contributed by atoms with Crippen molar-refractivity contribution in [1.82, 2.24) is 4.98 Å². The molecule has 1 fully saturated rings. The second kappa shape index (κ2) is 3.54. The Hall–Kier alpha value is -1.00.